The lowest BCUT2D eigenvalue weighted by molar-refractivity contribution is -0.116. The van der Waals surface area contributed by atoms with Crippen molar-refractivity contribution in [1.82, 2.24) is 0 Å². The highest BCUT2D eigenvalue weighted by Crippen LogP contribution is 2.38. The summed E-state index contributed by atoms with van der Waals surface area (Å²) in [7, 11) is 0. The Morgan fingerprint density at radius 3 is 2.89 bits per heavy atom. The molecule has 1 heterocycles. The van der Waals surface area contributed by atoms with Gasteiger partial charge in [-0.2, -0.15) is 0 Å². The van der Waals surface area contributed by atoms with Crippen molar-refractivity contribution in [2.45, 2.75) is 39.7 Å². The summed E-state index contributed by atoms with van der Waals surface area (Å²) in [5.41, 5.74) is 1.86. The van der Waals surface area contributed by atoms with Gasteiger partial charge in [-0.25, -0.2) is 0 Å². The first-order chi connectivity index (χ1) is 9.17. The number of para-hydroxylation sites is 1. The number of anilines is 2. The molecule has 0 aliphatic carbocycles. The van der Waals surface area contributed by atoms with Crippen LogP contribution >= 0.6 is 0 Å². The Balaban J connectivity index is 2.43. The Hall–Kier alpha value is -1.71. The molecule has 0 bridgehead atoms. The molecular weight excluding hydrogens is 240 g/mol. The van der Waals surface area contributed by atoms with Gasteiger partial charge in [-0.15, -0.1) is 0 Å². The summed E-state index contributed by atoms with van der Waals surface area (Å²) in [6.07, 6.45) is 1.46. The molecule has 1 aromatic carbocycles. The van der Waals surface area contributed by atoms with Crippen LogP contribution in [0.1, 0.15) is 33.6 Å². The summed E-state index contributed by atoms with van der Waals surface area (Å²) in [5.74, 6) is 0.817. The van der Waals surface area contributed by atoms with E-state index in [0.717, 1.165) is 30.1 Å². The van der Waals surface area contributed by atoms with E-state index in [1.54, 1.807) is 0 Å². The predicted molar refractivity (Wildman–Crippen MR) is 78.0 cm³/mol. The van der Waals surface area contributed by atoms with Crippen LogP contribution in [0, 0.1) is 0 Å². The van der Waals surface area contributed by atoms with Crippen molar-refractivity contribution in [2.75, 3.05) is 23.4 Å². The topological polar surface area (TPSA) is 41.6 Å². The molecule has 1 aliphatic heterocycles. The molecule has 0 aromatic heterocycles. The number of fused-ring (bicyclic) bond motifs is 1. The highest BCUT2D eigenvalue weighted by atomic mass is 16.5. The van der Waals surface area contributed by atoms with Gasteiger partial charge in [-0.1, -0.05) is 13.0 Å². The van der Waals surface area contributed by atoms with E-state index in [1.807, 2.05) is 18.2 Å². The molecule has 1 aromatic rings. The van der Waals surface area contributed by atoms with Crippen LogP contribution in [0.2, 0.25) is 0 Å². The van der Waals surface area contributed by atoms with Gasteiger partial charge < -0.3 is 15.0 Å². The van der Waals surface area contributed by atoms with Gasteiger partial charge in [0.25, 0.3) is 0 Å². The number of rotatable bonds is 4. The second-order valence-electron chi connectivity index (χ2n) is 4.89. The van der Waals surface area contributed by atoms with Crippen LogP contribution in [0.25, 0.3) is 0 Å². The lowest BCUT2D eigenvalue weighted by Gasteiger charge is -2.28. The van der Waals surface area contributed by atoms with Crippen LogP contribution in [-0.2, 0) is 4.79 Å². The Morgan fingerprint density at radius 1 is 1.42 bits per heavy atom. The van der Waals surface area contributed by atoms with Crippen molar-refractivity contribution in [3.63, 3.8) is 0 Å². The molecule has 0 radical (unpaired) electrons. The number of hydrogen-bond acceptors (Lipinski definition) is 3. The van der Waals surface area contributed by atoms with E-state index in [4.69, 9.17) is 4.74 Å². The number of benzene rings is 1. The Kier molecular flexibility index (Phi) is 4.30. The molecule has 0 saturated carbocycles. The quantitative estimate of drug-likeness (QED) is 0.906. The van der Waals surface area contributed by atoms with Crippen molar-refractivity contribution in [2.24, 2.45) is 0 Å². The maximum Gasteiger partial charge on any atom is 0.226 e. The summed E-state index contributed by atoms with van der Waals surface area (Å²) in [4.78, 5) is 14.2. The third-order valence-corrected chi connectivity index (χ3v) is 3.39. The van der Waals surface area contributed by atoms with E-state index < -0.39 is 0 Å². The highest BCUT2D eigenvalue weighted by Gasteiger charge is 2.26. The molecule has 0 saturated heterocycles. The predicted octanol–water partition coefficient (Wildman–Crippen LogP) is 3.03. The molecule has 1 aliphatic rings. The van der Waals surface area contributed by atoms with E-state index in [9.17, 15) is 4.79 Å². The Bertz CT molecular complexity index is 459. The summed E-state index contributed by atoms with van der Waals surface area (Å²) >= 11 is 0. The normalized spacial score (nSPS) is 18.6. The number of carbonyl (C=O) groups excluding carboxylic acids is 1. The number of nitrogens with zero attached hydrogens (tertiary/aromatic N) is 1. The molecule has 4 nitrogen and oxygen atoms in total. The minimum Gasteiger partial charge on any atom is -0.491 e. The number of hydrogen-bond donors (Lipinski definition) is 1. The van der Waals surface area contributed by atoms with Gasteiger partial charge >= 0.3 is 0 Å². The third-order valence-electron chi connectivity index (χ3n) is 3.39. The fourth-order valence-electron chi connectivity index (χ4n) is 2.51. The highest BCUT2D eigenvalue weighted by molar-refractivity contribution is 5.98. The first kappa shape index (κ1) is 13.7. The van der Waals surface area contributed by atoms with Gasteiger partial charge in [0, 0.05) is 19.0 Å². The SMILES string of the molecule is CCCOc1cccc2c1NC(=O)CC(C)N2CC. The van der Waals surface area contributed by atoms with Crippen molar-refractivity contribution < 1.29 is 9.53 Å². The van der Waals surface area contributed by atoms with Crippen molar-refractivity contribution in [3.05, 3.63) is 18.2 Å². The van der Waals surface area contributed by atoms with Crippen LogP contribution in [-0.4, -0.2) is 25.1 Å². The molecule has 2 rings (SSSR count). The first-order valence-electron chi connectivity index (χ1n) is 6.99. The molecule has 1 unspecified atom stereocenters. The van der Waals surface area contributed by atoms with Crippen LogP contribution < -0.4 is 15.0 Å². The van der Waals surface area contributed by atoms with Crippen molar-refractivity contribution in [3.8, 4) is 5.75 Å². The maximum absolute atomic E-state index is 12.0. The smallest absolute Gasteiger partial charge is 0.226 e. The molecule has 1 amide bonds. The lowest BCUT2D eigenvalue weighted by Crippen LogP contribution is -2.33. The number of carbonyl (C=O) groups is 1. The molecule has 1 N–H and O–H groups in total. The molecule has 4 heteroatoms. The van der Waals surface area contributed by atoms with Crippen LogP contribution in [0.3, 0.4) is 0 Å². The number of amides is 1. The summed E-state index contributed by atoms with van der Waals surface area (Å²) in [6.45, 7) is 7.79. The molecule has 0 spiro atoms. The first-order valence-corrected chi connectivity index (χ1v) is 6.99. The van der Waals surface area contributed by atoms with Crippen LogP contribution in [0.4, 0.5) is 11.4 Å². The zero-order chi connectivity index (χ0) is 13.8. The van der Waals surface area contributed by atoms with Crippen molar-refractivity contribution in [1.29, 1.82) is 0 Å². The standard InChI is InChI=1S/C15H22N2O2/c1-4-9-19-13-8-6-7-12-15(13)16-14(18)10-11(3)17(12)5-2/h6-8,11H,4-5,9-10H2,1-3H3,(H,16,18). The van der Waals surface area contributed by atoms with E-state index in [-0.39, 0.29) is 11.9 Å². The minimum absolute atomic E-state index is 0.0530. The van der Waals surface area contributed by atoms with E-state index in [1.165, 1.54) is 0 Å². The largest absolute Gasteiger partial charge is 0.491 e. The molecule has 1 atom stereocenters. The summed E-state index contributed by atoms with van der Waals surface area (Å²) < 4.78 is 5.74. The average molecular weight is 262 g/mol. The van der Waals surface area contributed by atoms with Gasteiger partial charge in [0.15, 0.2) is 0 Å². The van der Waals surface area contributed by atoms with Crippen LogP contribution in [0.15, 0.2) is 18.2 Å². The second-order valence-corrected chi connectivity index (χ2v) is 4.89. The van der Waals surface area contributed by atoms with Crippen molar-refractivity contribution >= 4 is 17.3 Å². The van der Waals surface area contributed by atoms with E-state index >= 15 is 0 Å². The lowest BCUT2D eigenvalue weighted by atomic mass is 10.1. The second kappa shape index (κ2) is 5.95. The maximum atomic E-state index is 12.0. The van der Waals surface area contributed by atoms with E-state index in [0.29, 0.717) is 13.0 Å². The van der Waals surface area contributed by atoms with Gasteiger partial charge in [0.2, 0.25) is 5.91 Å². The molecule has 0 fully saturated rings. The number of ether oxygens (including phenoxy) is 1. The summed E-state index contributed by atoms with van der Waals surface area (Å²) in [5, 5.41) is 2.99. The Labute approximate surface area is 114 Å². The molecular formula is C15H22N2O2. The minimum atomic E-state index is 0.0530. The van der Waals surface area contributed by atoms with Gasteiger partial charge in [-0.3, -0.25) is 4.79 Å². The van der Waals surface area contributed by atoms with Gasteiger partial charge in [0.05, 0.1) is 12.3 Å². The fraction of sp³-hybridized carbons (Fsp3) is 0.533. The van der Waals surface area contributed by atoms with Crippen LogP contribution in [0.5, 0.6) is 5.75 Å². The van der Waals surface area contributed by atoms with E-state index in [2.05, 4.69) is 31.0 Å². The monoisotopic (exact) mass is 262 g/mol. The van der Waals surface area contributed by atoms with Gasteiger partial charge in [0.1, 0.15) is 11.4 Å². The zero-order valence-corrected chi connectivity index (χ0v) is 11.9. The zero-order valence-electron chi connectivity index (χ0n) is 11.9. The fourth-order valence-corrected chi connectivity index (χ4v) is 2.51. The molecule has 104 valence electrons. The average Bonchev–Trinajstić information content (AvgIpc) is 2.51. The number of nitrogens with one attached hydrogen (secondary N) is 1. The third kappa shape index (κ3) is 2.83. The van der Waals surface area contributed by atoms with Gasteiger partial charge in [-0.05, 0) is 32.4 Å². The summed E-state index contributed by atoms with van der Waals surface area (Å²) in [6, 6.07) is 6.14. The Morgan fingerprint density at radius 2 is 2.21 bits per heavy atom. The molecule has 19 heavy (non-hydrogen) atoms.